The highest BCUT2D eigenvalue weighted by Gasteiger charge is 2.07. The Labute approximate surface area is 99.6 Å². The molecule has 0 aliphatic carbocycles. The number of aromatic nitrogens is 1. The molecule has 92 valence electrons. The lowest BCUT2D eigenvalue weighted by molar-refractivity contribution is -0.120. The first-order valence-electron chi connectivity index (χ1n) is 5.40. The molecule has 17 heavy (non-hydrogen) atoms. The molecule has 0 radical (unpaired) electrons. The van der Waals surface area contributed by atoms with E-state index < -0.39 is 0 Å². The van der Waals surface area contributed by atoms with E-state index in [9.17, 15) is 9.59 Å². The van der Waals surface area contributed by atoms with Crippen LogP contribution in [0.1, 0.15) is 23.7 Å². The first kappa shape index (κ1) is 13.0. The normalized spacial score (nSPS) is 9.71. The Kier molecular flexibility index (Phi) is 4.93. The first-order chi connectivity index (χ1) is 8.13. The molecular weight excluding hydrogens is 220 g/mol. The van der Waals surface area contributed by atoms with Gasteiger partial charge in [-0.2, -0.15) is 0 Å². The van der Waals surface area contributed by atoms with Crippen molar-refractivity contribution in [1.82, 2.24) is 15.6 Å². The van der Waals surface area contributed by atoms with Crippen LogP contribution in [0, 0.1) is 0 Å². The summed E-state index contributed by atoms with van der Waals surface area (Å²) in [6.07, 6.45) is 2.31. The number of anilines is 1. The lowest BCUT2D eigenvalue weighted by Crippen LogP contribution is -2.37. The fourth-order valence-electron chi connectivity index (χ4n) is 1.18. The summed E-state index contributed by atoms with van der Waals surface area (Å²) in [5, 5.41) is 5.16. The SMILES string of the molecule is CCCNC(=O)CNC(=O)c1ccnc(N)c1. The van der Waals surface area contributed by atoms with Crippen molar-refractivity contribution >= 4 is 17.6 Å². The largest absolute Gasteiger partial charge is 0.384 e. The molecule has 0 aliphatic rings. The molecule has 4 N–H and O–H groups in total. The molecule has 0 saturated carbocycles. The Bertz CT molecular complexity index is 406. The number of nitrogens with zero attached hydrogens (tertiary/aromatic N) is 1. The summed E-state index contributed by atoms with van der Waals surface area (Å²) < 4.78 is 0. The second kappa shape index (κ2) is 6.47. The van der Waals surface area contributed by atoms with Gasteiger partial charge < -0.3 is 16.4 Å². The van der Waals surface area contributed by atoms with Crippen molar-refractivity contribution in [3.8, 4) is 0 Å². The van der Waals surface area contributed by atoms with Crippen molar-refractivity contribution in [3.05, 3.63) is 23.9 Å². The van der Waals surface area contributed by atoms with Crippen LogP contribution in [0.25, 0.3) is 0 Å². The van der Waals surface area contributed by atoms with Gasteiger partial charge >= 0.3 is 0 Å². The number of carbonyl (C=O) groups excluding carboxylic acids is 2. The molecule has 2 amide bonds. The van der Waals surface area contributed by atoms with Gasteiger partial charge in [-0.25, -0.2) is 4.98 Å². The summed E-state index contributed by atoms with van der Waals surface area (Å²) in [4.78, 5) is 26.6. The van der Waals surface area contributed by atoms with E-state index in [2.05, 4.69) is 15.6 Å². The molecule has 0 saturated heterocycles. The standard InChI is InChI=1S/C11H16N4O2/c1-2-4-14-10(16)7-15-11(17)8-3-5-13-9(12)6-8/h3,5-6H,2,4,7H2,1H3,(H2,12,13)(H,14,16)(H,15,17). The van der Waals surface area contributed by atoms with E-state index in [0.717, 1.165) is 6.42 Å². The zero-order valence-corrected chi connectivity index (χ0v) is 9.69. The van der Waals surface area contributed by atoms with Crippen LogP contribution in [0.15, 0.2) is 18.3 Å². The fourth-order valence-corrected chi connectivity index (χ4v) is 1.18. The van der Waals surface area contributed by atoms with Crippen molar-refractivity contribution < 1.29 is 9.59 Å². The van der Waals surface area contributed by atoms with Gasteiger partial charge in [0, 0.05) is 18.3 Å². The molecule has 1 rings (SSSR count). The van der Waals surface area contributed by atoms with Gasteiger partial charge in [-0.05, 0) is 18.6 Å². The van der Waals surface area contributed by atoms with Crippen molar-refractivity contribution in [2.24, 2.45) is 0 Å². The van der Waals surface area contributed by atoms with Crippen LogP contribution in [0.2, 0.25) is 0 Å². The Morgan fingerprint density at radius 1 is 1.41 bits per heavy atom. The highest BCUT2D eigenvalue weighted by Crippen LogP contribution is 2.02. The molecule has 0 bridgehead atoms. The second-order valence-corrected chi connectivity index (χ2v) is 3.50. The van der Waals surface area contributed by atoms with E-state index in [1.807, 2.05) is 6.92 Å². The van der Waals surface area contributed by atoms with Crippen LogP contribution in [0.5, 0.6) is 0 Å². The summed E-state index contributed by atoms with van der Waals surface area (Å²) in [6.45, 7) is 2.52. The fraction of sp³-hybridized carbons (Fsp3) is 0.364. The molecule has 0 atom stereocenters. The quantitative estimate of drug-likeness (QED) is 0.666. The summed E-state index contributed by atoms with van der Waals surface area (Å²) in [5.41, 5.74) is 5.84. The average molecular weight is 236 g/mol. The molecule has 0 aromatic carbocycles. The van der Waals surface area contributed by atoms with Crippen LogP contribution < -0.4 is 16.4 Å². The van der Waals surface area contributed by atoms with Gasteiger partial charge in [-0.1, -0.05) is 6.92 Å². The zero-order chi connectivity index (χ0) is 12.7. The van der Waals surface area contributed by atoms with Crippen LogP contribution in [-0.2, 0) is 4.79 Å². The third-order valence-corrected chi connectivity index (χ3v) is 2.02. The monoisotopic (exact) mass is 236 g/mol. The van der Waals surface area contributed by atoms with E-state index in [-0.39, 0.29) is 24.2 Å². The minimum Gasteiger partial charge on any atom is -0.384 e. The first-order valence-corrected chi connectivity index (χ1v) is 5.40. The molecule has 1 heterocycles. The van der Waals surface area contributed by atoms with E-state index in [4.69, 9.17) is 5.73 Å². The summed E-state index contributed by atoms with van der Waals surface area (Å²) in [7, 11) is 0. The number of rotatable bonds is 5. The predicted molar refractivity (Wildman–Crippen MR) is 64.3 cm³/mol. The van der Waals surface area contributed by atoms with Gasteiger partial charge in [0.15, 0.2) is 0 Å². The molecule has 0 spiro atoms. The van der Waals surface area contributed by atoms with E-state index in [0.29, 0.717) is 12.1 Å². The van der Waals surface area contributed by atoms with Crippen molar-refractivity contribution in [2.45, 2.75) is 13.3 Å². The lowest BCUT2D eigenvalue weighted by Gasteiger charge is -2.06. The predicted octanol–water partition coefficient (Wildman–Crippen LogP) is -0.0802. The number of carbonyl (C=O) groups is 2. The zero-order valence-electron chi connectivity index (χ0n) is 9.69. The second-order valence-electron chi connectivity index (χ2n) is 3.50. The van der Waals surface area contributed by atoms with Gasteiger partial charge in [0.25, 0.3) is 5.91 Å². The number of nitrogens with one attached hydrogen (secondary N) is 2. The molecule has 0 unspecified atom stereocenters. The van der Waals surface area contributed by atoms with Gasteiger partial charge in [-0.3, -0.25) is 9.59 Å². The molecule has 0 fully saturated rings. The maximum atomic E-state index is 11.6. The Balaban J connectivity index is 2.42. The molecule has 1 aromatic rings. The Hall–Kier alpha value is -2.11. The third-order valence-electron chi connectivity index (χ3n) is 2.02. The molecule has 0 aliphatic heterocycles. The van der Waals surface area contributed by atoms with E-state index in [1.165, 1.54) is 18.3 Å². The highest BCUT2D eigenvalue weighted by atomic mass is 16.2. The minimum atomic E-state index is -0.342. The number of amides is 2. The number of nitrogens with two attached hydrogens (primary N) is 1. The maximum Gasteiger partial charge on any atom is 0.251 e. The number of nitrogen functional groups attached to an aromatic ring is 1. The molecular formula is C11H16N4O2. The molecule has 1 aromatic heterocycles. The van der Waals surface area contributed by atoms with E-state index in [1.54, 1.807) is 0 Å². The molecule has 6 nitrogen and oxygen atoms in total. The van der Waals surface area contributed by atoms with Gasteiger partial charge in [0.2, 0.25) is 5.91 Å². The highest BCUT2D eigenvalue weighted by molar-refractivity contribution is 5.96. The summed E-state index contributed by atoms with van der Waals surface area (Å²) in [5.74, 6) is -0.277. The number of pyridine rings is 1. The third kappa shape index (κ3) is 4.50. The summed E-state index contributed by atoms with van der Waals surface area (Å²) >= 11 is 0. The van der Waals surface area contributed by atoms with Crippen molar-refractivity contribution in [2.75, 3.05) is 18.8 Å². The van der Waals surface area contributed by atoms with Crippen molar-refractivity contribution in [3.63, 3.8) is 0 Å². The van der Waals surface area contributed by atoms with Crippen LogP contribution in [0.4, 0.5) is 5.82 Å². The maximum absolute atomic E-state index is 11.6. The lowest BCUT2D eigenvalue weighted by atomic mass is 10.2. The molecule has 6 heteroatoms. The van der Waals surface area contributed by atoms with E-state index >= 15 is 0 Å². The minimum absolute atomic E-state index is 0.0406. The van der Waals surface area contributed by atoms with Crippen LogP contribution in [-0.4, -0.2) is 29.9 Å². The Morgan fingerprint density at radius 3 is 2.82 bits per heavy atom. The van der Waals surface area contributed by atoms with Gasteiger partial charge in [-0.15, -0.1) is 0 Å². The summed E-state index contributed by atoms with van der Waals surface area (Å²) in [6, 6.07) is 2.99. The topological polar surface area (TPSA) is 97.1 Å². The van der Waals surface area contributed by atoms with Crippen LogP contribution >= 0.6 is 0 Å². The Morgan fingerprint density at radius 2 is 2.18 bits per heavy atom. The van der Waals surface area contributed by atoms with Gasteiger partial charge in [0.05, 0.1) is 6.54 Å². The number of hydrogen-bond acceptors (Lipinski definition) is 4. The average Bonchev–Trinajstić information content (AvgIpc) is 2.33. The number of hydrogen-bond donors (Lipinski definition) is 3. The smallest absolute Gasteiger partial charge is 0.251 e. The van der Waals surface area contributed by atoms with Gasteiger partial charge in [0.1, 0.15) is 5.82 Å². The van der Waals surface area contributed by atoms with Crippen molar-refractivity contribution in [1.29, 1.82) is 0 Å². The van der Waals surface area contributed by atoms with Crippen LogP contribution in [0.3, 0.4) is 0 Å².